The van der Waals surface area contributed by atoms with Crippen molar-refractivity contribution in [2.75, 3.05) is 18.4 Å². The lowest BCUT2D eigenvalue weighted by Gasteiger charge is -2.19. The highest BCUT2D eigenvalue weighted by Gasteiger charge is 2.24. The molecule has 2 aromatic rings. The first-order valence-electron chi connectivity index (χ1n) is 7.70. The number of halogens is 1. The standard InChI is InChI=1S/C17H19BrN2O4S/c1-3-20(4-2)25(23,24)12-9-10-14(18)13(11-12)17(22)19-15-7-5-6-8-16(15)21/h5-11,21H,3-4H2,1-2H3,(H,19,22). The third-order valence-electron chi connectivity index (χ3n) is 3.68. The third kappa shape index (κ3) is 4.20. The molecule has 0 saturated carbocycles. The number of hydrogen-bond acceptors (Lipinski definition) is 4. The maximum atomic E-state index is 12.6. The van der Waals surface area contributed by atoms with Crippen LogP contribution in [0, 0.1) is 0 Å². The van der Waals surface area contributed by atoms with Gasteiger partial charge in [0.2, 0.25) is 10.0 Å². The lowest BCUT2D eigenvalue weighted by molar-refractivity contribution is 0.102. The molecule has 0 aromatic heterocycles. The predicted octanol–water partition coefficient (Wildman–Crippen LogP) is 3.44. The van der Waals surface area contributed by atoms with Crippen LogP contribution in [0.2, 0.25) is 0 Å². The van der Waals surface area contributed by atoms with Gasteiger partial charge in [0.05, 0.1) is 16.1 Å². The van der Waals surface area contributed by atoms with Crippen molar-refractivity contribution in [3.63, 3.8) is 0 Å². The van der Waals surface area contributed by atoms with Crippen LogP contribution in [0.3, 0.4) is 0 Å². The van der Waals surface area contributed by atoms with Gasteiger partial charge in [-0.25, -0.2) is 8.42 Å². The Balaban J connectivity index is 2.39. The van der Waals surface area contributed by atoms with Crippen molar-refractivity contribution in [2.45, 2.75) is 18.7 Å². The van der Waals surface area contributed by atoms with E-state index in [4.69, 9.17) is 0 Å². The molecule has 0 unspecified atom stereocenters. The van der Waals surface area contributed by atoms with Gasteiger partial charge in [-0.2, -0.15) is 4.31 Å². The van der Waals surface area contributed by atoms with Gasteiger partial charge in [0, 0.05) is 17.6 Å². The molecule has 2 N–H and O–H groups in total. The second-order valence-corrected chi connectivity index (χ2v) is 7.99. The average Bonchev–Trinajstić information content (AvgIpc) is 2.58. The molecule has 0 aliphatic rings. The Kier molecular flexibility index (Phi) is 6.21. The van der Waals surface area contributed by atoms with Crippen LogP contribution in [-0.2, 0) is 10.0 Å². The zero-order valence-corrected chi connectivity index (χ0v) is 16.3. The molecule has 25 heavy (non-hydrogen) atoms. The Morgan fingerprint density at radius 2 is 1.80 bits per heavy atom. The van der Waals surface area contributed by atoms with E-state index in [1.165, 1.54) is 28.6 Å². The summed E-state index contributed by atoms with van der Waals surface area (Å²) in [7, 11) is -3.67. The molecule has 0 fully saturated rings. The Labute approximate surface area is 155 Å². The summed E-state index contributed by atoms with van der Waals surface area (Å²) < 4.78 is 27.0. The first kappa shape index (κ1) is 19.4. The number of rotatable bonds is 6. The molecule has 1 amide bonds. The number of anilines is 1. The molecule has 2 aromatic carbocycles. The van der Waals surface area contributed by atoms with Gasteiger partial charge in [0.1, 0.15) is 5.75 Å². The highest BCUT2D eigenvalue weighted by molar-refractivity contribution is 9.10. The van der Waals surface area contributed by atoms with Crippen LogP contribution in [0.1, 0.15) is 24.2 Å². The summed E-state index contributed by atoms with van der Waals surface area (Å²) in [5.41, 5.74) is 0.410. The number of benzene rings is 2. The molecule has 0 aliphatic heterocycles. The van der Waals surface area contributed by atoms with E-state index in [2.05, 4.69) is 21.2 Å². The fourth-order valence-electron chi connectivity index (χ4n) is 2.32. The number of phenolic OH excluding ortho intramolecular Hbond substituents is 1. The maximum absolute atomic E-state index is 12.6. The number of carbonyl (C=O) groups is 1. The van der Waals surface area contributed by atoms with Crippen molar-refractivity contribution in [1.82, 2.24) is 4.31 Å². The highest BCUT2D eigenvalue weighted by atomic mass is 79.9. The van der Waals surface area contributed by atoms with Gasteiger partial charge in [-0.15, -0.1) is 0 Å². The predicted molar refractivity (Wildman–Crippen MR) is 100 cm³/mol. The first-order chi connectivity index (χ1) is 11.8. The van der Waals surface area contributed by atoms with Crippen molar-refractivity contribution in [3.8, 4) is 5.75 Å². The van der Waals surface area contributed by atoms with Gasteiger partial charge in [-0.05, 0) is 46.3 Å². The summed E-state index contributed by atoms with van der Waals surface area (Å²) in [6, 6.07) is 10.6. The summed E-state index contributed by atoms with van der Waals surface area (Å²) in [5.74, 6) is -0.594. The van der Waals surface area contributed by atoms with E-state index < -0.39 is 15.9 Å². The molecule has 0 spiro atoms. The Hall–Kier alpha value is -1.90. The number of sulfonamides is 1. The minimum atomic E-state index is -3.67. The highest BCUT2D eigenvalue weighted by Crippen LogP contribution is 2.26. The molecule has 8 heteroatoms. The van der Waals surface area contributed by atoms with Crippen LogP contribution in [0.5, 0.6) is 5.75 Å². The second kappa shape index (κ2) is 7.99. The molecule has 0 radical (unpaired) electrons. The molecule has 0 saturated heterocycles. The summed E-state index contributed by atoms with van der Waals surface area (Å²) >= 11 is 3.27. The number of nitrogens with zero attached hydrogens (tertiary/aromatic N) is 1. The van der Waals surface area contributed by atoms with Crippen molar-refractivity contribution in [3.05, 3.63) is 52.5 Å². The molecular weight excluding hydrogens is 408 g/mol. The summed E-state index contributed by atoms with van der Waals surface area (Å²) in [6.45, 7) is 4.19. The number of aromatic hydroxyl groups is 1. The zero-order chi connectivity index (χ0) is 18.6. The van der Waals surface area contributed by atoms with Crippen LogP contribution in [0.25, 0.3) is 0 Å². The first-order valence-corrected chi connectivity index (χ1v) is 9.93. The minimum absolute atomic E-state index is 0.0434. The molecule has 0 heterocycles. The van der Waals surface area contributed by atoms with Crippen LogP contribution in [0.15, 0.2) is 51.8 Å². The topological polar surface area (TPSA) is 86.7 Å². The molecule has 0 bridgehead atoms. The lowest BCUT2D eigenvalue weighted by Crippen LogP contribution is -2.30. The molecule has 2 rings (SSSR count). The fraction of sp³-hybridized carbons (Fsp3) is 0.235. The molecule has 134 valence electrons. The van der Waals surface area contributed by atoms with Crippen molar-refractivity contribution >= 4 is 37.5 Å². The molecule has 6 nitrogen and oxygen atoms in total. The van der Waals surface area contributed by atoms with E-state index in [9.17, 15) is 18.3 Å². The zero-order valence-electron chi connectivity index (χ0n) is 13.9. The van der Waals surface area contributed by atoms with Gasteiger partial charge in [-0.3, -0.25) is 4.79 Å². The SMILES string of the molecule is CCN(CC)S(=O)(=O)c1ccc(Br)c(C(=O)Nc2ccccc2O)c1. The molecule has 0 aliphatic carbocycles. The number of amides is 1. The Bertz CT molecular complexity index is 880. The monoisotopic (exact) mass is 426 g/mol. The number of para-hydroxylation sites is 2. The van der Waals surface area contributed by atoms with E-state index in [0.29, 0.717) is 17.6 Å². The second-order valence-electron chi connectivity index (χ2n) is 5.20. The molecule has 0 atom stereocenters. The van der Waals surface area contributed by atoms with Crippen molar-refractivity contribution < 1.29 is 18.3 Å². The largest absolute Gasteiger partial charge is 0.506 e. The average molecular weight is 427 g/mol. The van der Waals surface area contributed by atoms with E-state index in [-0.39, 0.29) is 21.9 Å². The van der Waals surface area contributed by atoms with Crippen LogP contribution in [-0.4, -0.2) is 36.8 Å². The lowest BCUT2D eigenvalue weighted by atomic mass is 10.2. The van der Waals surface area contributed by atoms with E-state index in [0.717, 1.165) is 0 Å². The van der Waals surface area contributed by atoms with E-state index in [1.54, 1.807) is 32.0 Å². The Morgan fingerprint density at radius 3 is 2.40 bits per heavy atom. The van der Waals surface area contributed by atoms with Gasteiger partial charge in [0.15, 0.2) is 0 Å². The van der Waals surface area contributed by atoms with E-state index in [1.807, 2.05) is 0 Å². The minimum Gasteiger partial charge on any atom is -0.506 e. The Morgan fingerprint density at radius 1 is 1.16 bits per heavy atom. The van der Waals surface area contributed by atoms with Gasteiger partial charge >= 0.3 is 0 Å². The van der Waals surface area contributed by atoms with E-state index >= 15 is 0 Å². The summed E-state index contributed by atoms with van der Waals surface area (Å²) in [4.78, 5) is 12.6. The van der Waals surface area contributed by atoms with Crippen LogP contribution >= 0.6 is 15.9 Å². The maximum Gasteiger partial charge on any atom is 0.256 e. The van der Waals surface area contributed by atoms with Crippen molar-refractivity contribution in [2.24, 2.45) is 0 Å². The summed E-state index contributed by atoms with van der Waals surface area (Å²) in [5, 5.41) is 12.3. The van der Waals surface area contributed by atoms with Gasteiger partial charge in [0.25, 0.3) is 5.91 Å². The quantitative estimate of drug-likeness (QED) is 0.692. The smallest absolute Gasteiger partial charge is 0.256 e. The van der Waals surface area contributed by atoms with Gasteiger partial charge < -0.3 is 10.4 Å². The number of nitrogens with one attached hydrogen (secondary N) is 1. The fourth-order valence-corrected chi connectivity index (χ4v) is 4.23. The normalized spacial score (nSPS) is 11.5. The van der Waals surface area contributed by atoms with Crippen LogP contribution in [0.4, 0.5) is 5.69 Å². The third-order valence-corrected chi connectivity index (χ3v) is 6.42. The van der Waals surface area contributed by atoms with Crippen LogP contribution < -0.4 is 5.32 Å². The number of carbonyl (C=O) groups excluding carboxylic acids is 1. The van der Waals surface area contributed by atoms with Crippen molar-refractivity contribution in [1.29, 1.82) is 0 Å². The molecular formula is C17H19BrN2O4S. The number of phenols is 1. The van der Waals surface area contributed by atoms with Gasteiger partial charge in [-0.1, -0.05) is 26.0 Å². The number of hydrogen-bond donors (Lipinski definition) is 2. The summed E-state index contributed by atoms with van der Waals surface area (Å²) in [6.07, 6.45) is 0.